The van der Waals surface area contributed by atoms with Crippen molar-refractivity contribution in [1.82, 2.24) is 0 Å². The van der Waals surface area contributed by atoms with E-state index in [1.54, 1.807) is 32.2 Å². The summed E-state index contributed by atoms with van der Waals surface area (Å²) in [4.78, 5) is 24.4. The molecule has 2 aromatic carbocycles. The van der Waals surface area contributed by atoms with Crippen LogP contribution in [-0.4, -0.2) is 25.0 Å². The maximum Gasteiger partial charge on any atom is 0.331 e. The fourth-order valence-corrected chi connectivity index (χ4v) is 2.37. The molecule has 0 bridgehead atoms. The van der Waals surface area contributed by atoms with Crippen LogP contribution in [0.4, 0.5) is 0 Å². The Morgan fingerprint density at radius 2 is 1.72 bits per heavy atom. The normalized spacial score (nSPS) is 12.0. The van der Waals surface area contributed by atoms with Gasteiger partial charge in [0.25, 0.3) is 0 Å². The first-order valence-electron chi connectivity index (χ1n) is 8.05. The number of carbonyl (C=O) groups excluding carboxylic acids is 2. The van der Waals surface area contributed by atoms with Gasteiger partial charge in [-0.15, -0.1) is 0 Å². The van der Waals surface area contributed by atoms with Crippen molar-refractivity contribution in [2.45, 2.75) is 26.9 Å². The van der Waals surface area contributed by atoms with E-state index in [1.165, 1.54) is 6.08 Å². The summed E-state index contributed by atoms with van der Waals surface area (Å²) in [5.41, 5.74) is 3.28. The van der Waals surface area contributed by atoms with Gasteiger partial charge in [-0.2, -0.15) is 0 Å². The number of ketones is 1. The zero-order valence-corrected chi connectivity index (χ0v) is 14.9. The van der Waals surface area contributed by atoms with E-state index in [9.17, 15) is 9.59 Å². The van der Waals surface area contributed by atoms with Gasteiger partial charge in [0.2, 0.25) is 5.78 Å². The molecule has 0 aliphatic heterocycles. The Kier molecular flexibility index (Phi) is 6.12. The third kappa shape index (κ3) is 5.05. The lowest BCUT2D eigenvalue weighted by Gasteiger charge is -2.13. The molecular weight excluding hydrogens is 316 g/mol. The molecule has 0 saturated heterocycles. The highest BCUT2D eigenvalue weighted by Crippen LogP contribution is 2.15. The van der Waals surface area contributed by atoms with Gasteiger partial charge >= 0.3 is 5.97 Å². The van der Waals surface area contributed by atoms with E-state index in [2.05, 4.69) is 0 Å². The molecule has 0 amide bonds. The Bertz CT molecular complexity index is 788. The molecule has 130 valence electrons. The van der Waals surface area contributed by atoms with Crippen molar-refractivity contribution in [2.75, 3.05) is 7.11 Å². The summed E-state index contributed by atoms with van der Waals surface area (Å²) in [7, 11) is 1.59. The van der Waals surface area contributed by atoms with Crippen molar-refractivity contribution in [2.24, 2.45) is 0 Å². The van der Waals surface area contributed by atoms with E-state index in [1.807, 2.05) is 44.2 Å². The molecule has 0 unspecified atom stereocenters. The van der Waals surface area contributed by atoms with E-state index in [4.69, 9.17) is 9.47 Å². The molecule has 0 N–H and O–H groups in total. The number of rotatable bonds is 6. The Morgan fingerprint density at radius 3 is 2.36 bits per heavy atom. The van der Waals surface area contributed by atoms with E-state index in [-0.39, 0.29) is 5.78 Å². The molecule has 0 spiro atoms. The summed E-state index contributed by atoms with van der Waals surface area (Å²) in [6, 6.07) is 12.9. The first kappa shape index (κ1) is 18.5. The first-order chi connectivity index (χ1) is 11.9. The van der Waals surface area contributed by atoms with Crippen LogP contribution in [0.5, 0.6) is 5.75 Å². The lowest BCUT2D eigenvalue weighted by molar-refractivity contribution is -0.140. The van der Waals surface area contributed by atoms with Crippen LogP contribution in [0.25, 0.3) is 6.08 Å². The number of aryl methyl sites for hydroxylation is 2. The van der Waals surface area contributed by atoms with Crippen molar-refractivity contribution in [3.8, 4) is 5.75 Å². The molecule has 1 atom stereocenters. The van der Waals surface area contributed by atoms with Crippen LogP contribution in [0.1, 0.15) is 34.0 Å². The topological polar surface area (TPSA) is 52.6 Å². The molecule has 0 aliphatic rings. The summed E-state index contributed by atoms with van der Waals surface area (Å²) < 4.78 is 10.3. The Hall–Kier alpha value is -2.88. The molecule has 0 heterocycles. The second-order valence-electron chi connectivity index (χ2n) is 5.87. The highest BCUT2D eigenvalue weighted by Gasteiger charge is 2.20. The van der Waals surface area contributed by atoms with Gasteiger partial charge in [0, 0.05) is 11.6 Å². The van der Waals surface area contributed by atoms with Gasteiger partial charge in [-0.25, -0.2) is 4.79 Å². The summed E-state index contributed by atoms with van der Waals surface area (Å²) >= 11 is 0. The monoisotopic (exact) mass is 338 g/mol. The van der Waals surface area contributed by atoms with Crippen LogP contribution >= 0.6 is 0 Å². The predicted octanol–water partition coefficient (Wildman–Crippen LogP) is 4.14. The third-order valence-corrected chi connectivity index (χ3v) is 3.85. The summed E-state index contributed by atoms with van der Waals surface area (Å²) in [5, 5.41) is 0. The highest BCUT2D eigenvalue weighted by molar-refractivity contribution is 6.02. The van der Waals surface area contributed by atoms with Gasteiger partial charge in [-0.3, -0.25) is 4.79 Å². The number of hydrogen-bond acceptors (Lipinski definition) is 4. The number of carbonyl (C=O) groups is 2. The Labute approximate surface area is 148 Å². The Morgan fingerprint density at radius 1 is 1.04 bits per heavy atom. The number of Topliss-reactive ketones (excluding diaryl/α,β-unsaturated/α-hetero) is 1. The van der Waals surface area contributed by atoms with Gasteiger partial charge in [0.05, 0.1) is 7.11 Å². The van der Waals surface area contributed by atoms with Gasteiger partial charge in [-0.05, 0) is 56.2 Å². The van der Waals surface area contributed by atoms with Crippen molar-refractivity contribution in [3.05, 3.63) is 70.8 Å². The number of hydrogen-bond donors (Lipinski definition) is 0. The molecule has 4 nitrogen and oxygen atoms in total. The van der Waals surface area contributed by atoms with E-state index in [0.29, 0.717) is 5.56 Å². The summed E-state index contributed by atoms with van der Waals surface area (Å²) in [6.07, 6.45) is 2.11. The molecule has 2 rings (SSSR count). The standard InChI is InChI=1S/C21H22O4/c1-14-5-6-15(2)19(13-14)21(23)16(3)25-20(22)12-9-17-7-10-18(24-4)11-8-17/h5-13,16H,1-4H3/b12-9+/t16-/m1/s1. The average molecular weight is 338 g/mol. The molecule has 2 aromatic rings. The molecule has 4 heteroatoms. The summed E-state index contributed by atoms with van der Waals surface area (Å²) in [6.45, 7) is 5.37. The maximum absolute atomic E-state index is 12.5. The second kappa shape index (κ2) is 8.29. The molecule has 0 radical (unpaired) electrons. The Balaban J connectivity index is 2.00. The minimum atomic E-state index is -0.839. The lowest BCUT2D eigenvalue weighted by atomic mass is 9.99. The molecule has 25 heavy (non-hydrogen) atoms. The highest BCUT2D eigenvalue weighted by atomic mass is 16.5. The smallest absolute Gasteiger partial charge is 0.331 e. The van der Waals surface area contributed by atoms with Gasteiger partial charge in [0.15, 0.2) is 6.10 Å². The summed E-state index contributed by atoms with van der Waals surface area (Å²) in [5.74, 6) is -0.0122. The fourth-order valence-electron chi connectivity index (χ4n) is 2.37. The molecule has 0 saturated carbocycles. The van der Waals surface area contributed by atoms with E-state index < -0.39 is 12.1 Å². The predicted molar refractivity (Wildman–Crippen MR) is 97.8 cm³/mol. The number of ether oxygens (including phenoxy) is 2. The zero-order valence-electron chi connectivity index (χ0n) is 14.9. The van der Waals surface area contributed by atoms with Gasteiger partial charge in [0.1, 0.15) is 5.75 Å². The number of benzene rings is 2. The molecule has 0 fully saturated rings. The van der Waals surface area contributed by atoms with Crippen LogP contribution < -0.4 is 4.74 Å². The van der Waals surface area contributed by atoms with E-state index in [0.717, 1.165) is 22.4 Å². The average Bonchev–Trinajstić information content (AvgIpc) is 2.61. The SMILES string of the molecule is COc1ccc(/C=C/C(=O)O[C@H](C)C(=O)c2cc(C)ccc2C)cc1. The van der Waals surface area contributed by atoms with Crippen molar-refractivity contribution in [3.63, 3.8) is 0 Å². The van der Waals surface area contributed by atoms with Crippen molar-refractivity contribution < 1.29 is 19.1 Å². The van der Waals surface area contributed by atoms with Gasteiger partial charge in [-0.1, -0.05) is 29.8 Å². The van der Waals surface area contributed by atoms with Crippen LogP contribution in [-0.2, 0) is 9.53 Å². The first-order valence-corrected chi connectivity index (χ1v) is 8.05. The maximum atomic E-state index is 12.5. The van der Waals surface area contributed by atoms with Crippen molar-refractivity contribution in [1.29, 1.82) is 0 Å². The molecular formula is C21H22O4. The number of methoxy groups -OCH3 is 1. The largest absolute Gasteiger partial charge is 0.497 e. The van der Waals surface area contributed by atoms with Crippen LogP contribution in [0.15, 0.2) is 48.5 Å². The zero-order chi connectivity index (χ0) is 18.4. The quantitative estimate of drug-likeness (QED) is 0.451. The van der Waals surface area contributed by atoms with Crippen LogP contribution in [0.3, 0.4) is 0 Å². The minimum absolute atomic E-state index is 0.201. The third-order valence-electron chi connectivity index (χ3n) is 3.85. The fraction of sp³-hybridized carbons (Fsp3) is 0.238. The van der Waals surface area contributed by atoms with Crippen LogP contribution in [0, 0.1) is 13.8 Å². The van der Waals surface area contributed by atoms with Crippen molar-refractivity contribution >= 4 is 17.8 Å². The second-order valence-corrected chi connectivity index (χ2v) is 5.87. The lowest BCUT2D eigenvalue weighted by Crippen LogP contribution is -2.24. The van der Waals surface area contributed by atoms with E-state index >= 15 is 0 Å². The van der Waals surface area contributed by atoms with Gasteiger partial charge < -0.3 is 9.47 Å². The molecule has 0 aromatic heterocycles. The number of esters is 1. The minimum Gasteiger partial charge on any atom is -0.497 e. The van der Waals surface area contributed by atoms with Crippen LogP contribution in [0.2, 0.25) is 0 Å². The molecule has 0 aliphatic carbocycles.